The van der Waals surface area contributed by atoms with E-state index < -0.39 is 0 Å². The first-order valence-electron chi connectivity index (χ1n) is 10.9. The lowest BCUT2D eigenvalue weighted by Gasteiger charge is -2.43. The number of amides is 2. The first-order valence-corrected chi connectivity index (χ1v) is 10.9. The molecular weight excluding hydrogens is 352 g/mol. The molecule has 2 aliphatic heterocycles. The minimum absolute atomic E-state index is 0.0621. The van der Waals surface area contributed by atoms with Gasteiger partial charge in [0.05, 0.1) is 18.2 Å². The Morgan fingerprint density at radius 2 is 1.79 bits per heavy atom. The molecule has 1 saturated carbocycles. The summed E-state index contributed by atoms with van der Waals surface area (Å²) in [4.78, 5) is 33.9. The fourth-order valence-corrected chi connectivity index (χ4v) is 4.74. The van der Waals surface area contributed by atoms with Crippen LogP contribution in [0.25, 0.3) is 0 Å². The largest absolute Gasteiger partial charge is 0.350 e. The number of nitrogens with zero attached hydrogens (tertiary/aromatic N) is 3. The molecule has 0 unspecified atom stereocenters. The number of nitrogens with one attached hydrogen (secondary N) is 1. The summed E-state index contributed by atoms with van der Waals surface area (Å²) in [5.41, 5.74) is 0.895. The van der Waals surface area contributed by atoms with Crippen LogP contribution in [0.15, 0.2) is 24.4 Å². The summed E-state index contributed by atoms with van der Waals surface area (Å²) in [6, 6.07) is 6.28. The molecule has 4 rings (SSSR count). The molecule has 0 bridgehead atoms. The molecular formula is C22H32N4O2. The highest BCUT2D eigenvalue weighted by molar-refractivity contribution is 5.80. The minimum atomic E-state index is 0.0621. The van der Waals surface area contributed by atoms with Gasteiger partial charge in [-0.1, -0.05) is 12.5 Å². The smallest absolute Gasteiger partial charge is 0.225 e. The quantitative estimate of drug-likeness (QED) is 0.845. The molecule has 2 amide bonds. The molecule has 3 heterocycles. The predicted octanol–water partition coefficient (Wildman–Crippen LogP) is 2.20. The average Bonchev–Trinajstić information content (AvgIpc) is 2.72. The second-order valence-electron chi connectivity index (χ2n) is 8.56. The van der Waals surface area contributed by atoms with E-state index in [0.717, 1.165) is 70.4 Å². The number of pyridine rings is 1. The molecule has 3 aliphatic rings. The van der Waals surface area contributed by atoms with Gasteiger partial charge in [0.15, 0.2) is 0 Å². The molecule has 0 radical (unpaired) electrons. The van der Waals surface area contributed by atoms with E-state index in [0.29, 0.717) is 24.4 Å². The van der Waals surface area contributed by atoms with Crippen molar-refractivity contribution in [3.8, 4) is 0 Å². The standard InChI is InChI=1S/C22H32N4O2/c27-21(24-15-19-8-1-2-11-23-19)18-7-4-12-26(16-18)20-9-13-25(14-10-20)22(28)17-5-3-6-17/h1-2,8,11,17-18,20H,3-7,9-10,12-16H2,(H,24,27)/t18-/m0/s1. The maximum Gasteiger partial charge on any atom is 0.225 e. The molecule has 1 atom stereocenters. The summed E-state index contributed by atoms with van der Waals surface area (Å²) in [5.74, 6) is 0.897. The molecule has 6 heteroatoms. The van der Waals surface area contributed by atoms with Crippen LogP contribution >= 0.6 is 0 Å². The van der Waals surface area contributed by atoms with Crippen LogP contribution in [0.1, 0.15) is 50.6 Å². The van der Waals surface area contributed by atoms with Gasteiger partial charge in [-0.05, 0) is 57.2 Å². The third kappa shape index (κ3) is 4.54. The number of piperidine rings is 2. The van der Waals surface area contributed by atoms with E-state index >= 15 is 0 Å². The van der Waals surface area contributed by atoms with Crippen LogP contribution < -0.4 is 5.32 Å². The number of rotatable bonds is 5. The molecule has 6 nitrogen and oxygen atoms in total. The van der Waals surface area contributed by atoms with E-state index in [1.165, 1.54) is 6.42 Å². The Morgan fingerprint density at radius 1 is 1.00 bits per heavy atom. The SMILES string of the molecule is O=C(NCc1ccccn1)[C@H]1CCCN(C2CCN(C(=O)C3CCC3)CC2)C1. The normalized spacial score (nSPS) is 24.6. The van der Waals surface area contributed by atoms with Crippen molar-refractivity contribution < 1.29 is 9.59 Å². The van der Waals surface area contributed by atoms with Gasteiger partial charge in [0.2, 0.25) is 11.8 Å². The minimum Gasteiger partial charge on any atom is -0.350 e. The molecule has 1 aromatic heterocycles. The fourth-order valence-electron chi connectivity index (χ4n) is 4.74. The first-order chi connectivity index (χ1) is 13.7. The molecule has 152 valence electrons. The number of likely N-dealkylation sites (tertiary alicyclic amines) is 2. The van der Waals surface area contributed by atoms with Gasteiger partial charge in [0.25, 0.3) is 0 Å². The second-order valence-corrected chi connectivity index (χ2v) is 8.56. The molecule has 1 aliphatic carbocycles. The lowest BCUT2D eigenvalue weighted by Crippen LogP contribution is -2.52. The number of carbonyl (C=O) groups excluding carboxylic acids is 2. The van der Waals surface area contributed by atoms with Crippen molar-refractivity contribution in [2.24, 2.45) is 11.8 Å². The zero-order valence-electron chi connectivity index (χ0n) is 16.7. The van der Waals surface area contributed by atoms with Gasteiger partial charge in [-0.15, -0.1) is 0 Å². The lowest BCUT2D eigenvalue weighted by molar-refractivity contribution is -0.139. The summed E-state index contributed by atoms with van der Waals surface area (Å²) in [7, 11) is 0. The van der Waals surface area contributed by atoms with Crippen LogP contribution in [0, 0.1) is 11.8 Å². The van der Waals surface area contributed by atoms with E-state index in [9.17, 15) is 9.59 Å². The van der Waals surface area contributed by atoms with Crippen LogP contribution in [0.3, 0.4) is 0 Å². The van der Waals surface area contributed by atoms with E-state index in [-0.39, 0.29) is 11.8 Å². The van der Waals surface area contributed by atoms with Crippen LogP contribution in [0.2, 0.25) is 0 Å². The Balaban J connectivity index is 1.23. The zero-order chi connectivity index (χ0) is 19.3. The lowest BCUT2D eigenvalue weighted by atomic mass is 9.84. The fraction of sp³-hybridized carbons (Fsp3) is 0.682. The zero-order valence-corrected chi connectivity index (χ0v) is 16.7. The second kappa shape index (κ2) is 9.03. The maximum atomic E-state index is 12.6. The van der Waals surface area contributed by atoms with Crippen molar-refractivity contribution >= 4 is 11.8 Å². The summed E-state index contributed by atoms with van der Waals surface area (Å²) in [5, 5.41) is 3.06. The number of hydrogen-bond donors (Lipinski definition) is 1. The van der Waals surface area contributed by atoms with E-state index in [4.69, 9.17) is 0 Å². The molecule has 1 N–H and O–H groups in total. The molecule has 3 fully saturated rings. The van der Waals surface area contributed by atoms with Crippen molar-refractivity contribution in [2.75, 3.05) is 26.2 Å². The number of aromatic nitrogens is 1. The van der Waals surface area contributed by atoms with Crippen LogP contribution in [-0.4, -0.2) is 58.8 Å². The van der Waals surface area contributed by atoms with Crippen molar-refractivity contribution in [2.45, 2.75) is 57.5 Å². The van der Waals surface area contributed by atoms with E-state index in [1.54, 1.807) is 6.20 Å². The van der Waals surface area contributed by atoms with Crippen molar-refractivity contribution in [3.05, 3.63) is 30.1 Å². The molecule has 0 aromatic carbocycles. The Kier molecular flexibility index (Phi) is 6.25. The van der Waals surface area contributed by atoms with Crippen LogP contribution in [0.4, 0.5) is 0 Å². The van der Waals surface area contributed by atoms with Gasteiger partial charge in [-0.3, -0.25) is 19.5 Å². The molecule has 28 heavy (non-hydrogen) atoms. The highest BCUT2D eigenvalue weighted by Gasteiger charge is 2.35. The maximum absolute atomic E-state index is 12.6. The Bertz CT molecular complexity index is 668. The average molecular weight is 385 g/mol. The molecule has 1 aromatic rings. The van der Waals surface area contributed by atoms with Crippen molar-refractivity contribution in [1.82, 2.24) is 20.1 Å². The van der Waals surface area contributed by atoms with Crippen LogP contribution in [0.5, 0.6) is 0 Å². The van der Waals surface area contributed by atoms with Gasteiger partial charge in [0, 0.05) is 37.8 Å². The highest BCUT2D eigenvalue weighted by Crippen LogP contribution is 2.30. The summed E-state index contributed by atoms with van der Waals surface area (Å²) >= 11 is 0. The van der Waals surface area contributed by atoms with Gasteiger partial charge in [0.1, 0.15) is 0 Å². The van der Waals surface area contributed by atoms with Gasteiger partial charge in [-0.25, -0.2) is 0 Å². The third-order valence-electron chi connectivity index (χ3n) is 6.74. The monoisotopic (exact) mass is 384 g/mol. The summed E-state index contributed by atoms with van der Waals surface area (Å²) < 4.78 is 0. The number of carbonyl (C=O) groups is 2. The van der Waals surface area contributed by atoms with Crippen LogP contribution in [-0.2, 0) is 16.1 Å². The van der Waals surface area contributed by atoms with Crippen molar-refractivity contribution in [1.29, 1.82) is 0 Å². The van der Waals surface area contributed by atoms with Gasteiger partial charge in [-0.2, -0.15) is 0 Å². The molecule has 2 saturated heterocycles. The number of hydrogen-bond acceptors (Lipinski definition) is 4. The Hall–Kier alpha value is -1.95. The predicted molar refractivity (Wildman–Crippen MR) is 107 cm³/mol. The Labute approximate surface area is 167 Å². The van der Waals surface area contributed by atoms with Gasteiger partial charge < -0.3 is 10.2 Å². The Morgan fingerprint density at radius 3 is 2.46 bits per heavy atom. The summed E-state index contributed by atoms with van der Waals surface area (Å²) in [6.45, 7) is 4.18. The molecule has 0 spiro atoms. The first kappa shape index (κ1) is 19.4. The summed E-state index contributed by atoms with van der Waals surface area (Å²) in [6.07, 6.45) is 9.25. The van der Waals surface area contributed by atoms with Gasteiger partial charge >= 0.3 is 0 Å². The van der Waals surface area contributed by atoms with Crippen molar-refractivity contribution in [3.63, 3.8) is 0 Å². The highest BCUT2D eigenvalue weighted by atomic mass is 16.2. The topological polar surface area (TPSA) is 65.5 Å². The van der Waals surface area contributed by atoms with E-state index in [2.05, 4.69) is 20.1 Å². The van der Waals surface area contributed by atoms with E-state index in [1.807, 2.05) is 18.2 Å². The third-order valence-corrected chi connectivity index (χ3v) is 6.74.